The molecular formula is C13H13Cl2N3O6. The number of carbonyl (C=O) groups is 2. The highest BCUT2D eigenvalue weighted by Gasteiger charge is 2.19. The zero-order valence-electron chi connectivity index (χ0n) is 12.7. The van der Waals surface area contributed by atoms with Crippen molar-refractivity contribution in [2.45, 2.75) is 12.8 Å². The summed E-state index contributed by atoms with van der Waals surface area (Å²) in [6.45, 7) is 0. The molecule has 0 aliphatic carbocycles. The number of hydrogen-bond acceptors (Lipinski definition) is 8. The van der Waals surface area contributed by atoms with Crippen LogP contribution in [0.25, 0.3) is 0 Å². The van der Waals surface area contributed by atoms with E-state index in [-0.39, 0.29) is 40.0 Å². The third-order valence-electron chi connectivity index (χ3n) is 2.76. The Labute approximate surface area is 146 Å². The average molecular weight is 378 g/mol. The number of anilines is 1. The van der Waals surface area contributed by atoms with E-state index in [1.54, 1.807) is 0 Å². The van der Waals surface area contributed by atoms with Crippen molar-refractivity contribution in [3.8, 4) is 0 Å². The first kappa shape index (κ1) is 19.7. The van der Waals surface area contributed by atoms with Crippen LogP contribution in [0.4, 0.5) is 11.4 Å². The van der Waals surface area contributed by atoms with Gasteiger partial charge in [-0.3, -0.25) is 20.3 Å². The van der Waals surface area contributed by atoms with Gasteiger partial charge in [-0.15, -0.1) is 0 Å². The molecule has 0 amide bonds. The molecule has 1 rings (SSSR count). The van der Waals surface area contributed by atoms with Crippen molar-refractivity contribution in [3.05, 3.63) is 32.3 Å². The Hall–Kier alpha value is -2.39. The molecule has 1 aromatic carbocycles. The number of ether oxygens (including phenoxy) is 2. The number of esters is 2. The highest BCUT2D eigenvalue weighted by Crippen LogP contribution is 2.34. The van der Waals surface area contributed by atoms with Crippen LogP contribution in [0.5, 0.6) is 0 Å². The lowest BCUT2D eigenvalue weighted by molar-refractivity contribution is -0.383. The fourth-order valence-corrected chi connectivity index (χ4v) is 1.87. The van der Waals surface area contributed by atoms with Crippen LogP contribution in [0, 0.1) is 10.1 Å². The van der Waals surface area contributed by atoms with Crippen LogP contribution in [-0.2, 0) is 19.1 Å². The first-order valence-corrected chi connectivity index (χ1v) is 7.16. The Kier molecular flexibility index (Phi) is 7.40. The van der Waals surface area contributed by atoms with Crippen molar-refractivity contribution in [1.82, 2.24) is 0 Å². The number of rotatable bonds is 7. The normalized spacial score (nSPS) is 10.9. The number of nitrogens with zero attached hydrogens (tertiary/aromatic N) is 2. The number of hydrazone groups is 1. The third kappa shape index (κ3) is 5.36. The number of nitro groups is 1. The molecule has 9 nitrogen and oxygen atoms in total. The summed E-state index contributed by atoms with van der Waals surface area (Å²) >= 11 is 11.6. The second-order valence-corrected chi connectivity index (χ2v) is 5.09. The van der Waals surface area contributed by atoms with Crippen molar-refractivity contribution in [1.29, 1.82) is 0 Å². The van der Waals surface area contributed by atoms with Gasteiger partial charge in [-0.05, 0) is 6.07 Å². The second-order valence-electron chi connectivity index (χ2n) is 4.28. The molecule has 0 bridgehead atoms. The average Bonchev–Trinajstić information content (AvgIpc) is 2.56. The van der Waals surface area contributed by atoms with Crippen LogP contribution < -0.4 is 5.43 Å². The number of methoxy groups -OCH3 is 2. The van der Waals surface area contributed by atoms with E-state index in [0.717, 1.165) is 13.2 Å². The monoisotopic (exact) mass is 377 g/mol. The molecule has 0 aliphatic rings. The molecule has 0 unspecified atom stereocenters. The molecule has 1 aromatic rings. The number of hydrogen-bond donors (Lipinski definition) is 1. The molecule has 24 heavy (non-hydrogen) atoms. The molecule has 1 N–H and O–H groups in total. The lowest BCUT2D eigenvalue weighted by Crippen LogP contribution is -2.19. The van der Waals surface area contributed by atoms with Gasteiger partial charge in [-0.25, -0.2) is 4.79 Å². The fraction of sp³-hybridized carbons (Fsp3) is 0.308. The van der Waals surface area contributed by atoms with Crippen LogP contribution >= 0.6 is 23.2 Å². The van der Waals surface area contributed by atoms with Gasteiger partial charge in [0.2, 0.25) is 0 Å². The number of nitrogens with one attached hydrogen (secondary N) is 1. The predicted octanol–water partition coefficient (Wildman–Crippen LogP) is 2.80. The zero-order valence-corrected chi connectivity index (χ0v) is 14.2. The van der Waals surface area contributed by atoms with E-state index in [1.807, 2.05) is 0 Å². The SMILES string of the molecule is COC(=O)CC/C(=N\Nc1cc(Cl)c(Cl)cc1[N+](=O)[O-])C(=O)OC. The van der Waals surface area contributed by atoms with E-state index in [0.29, 0.717) is 0 Å². The third-order valence-corrected chi connectivity index (χ3v) is 3.48. The Balaban J connectivity index is 3.08. The predicted molar refractivity (Wildman–Crippen MR) is 87.4 cm³/mol. The topological polar surface area (TPSA) is 120 Å². The van der Waals surface area contributed by atoms with Gasteiger partial charge in [0, 0.05) is 12.5 Å². The lowest BCUT2D eigenvalue weighted by atomic mass is 10.2. The van der Waals surface area contributed by atoms with Gasteiger partial charge in [0.05, 0.1) is 35.6 Å². The minimum Gasteiger partial charge on any atom is -0.469 e. The van der Waals surface area contributed by atoms with E-state index in [4.69, 9.17) is 23.2 Å². The molecule has 0 radical (unpaired) electrons. The largest absolute Gasteiger partial charge is 0.469 e. The van der Waals surface area contributed by atoms with E-state index in [9.17, 15) is 19.7 Å². The molecule has 0 aliphatic heterocycles. The molecule has 0 fully saturated rings. The Bertz CT molecular complexity index is 693. The summed E-state index contributed by atoms with van der Waals surface area (Å²) in [7, 11) is 2.34. The van der Waals surface area contributed by atoms with Crippen molar-refractivity contribution in [2.24, 2.45) is 5.10 Å². The lowest BCUT2D eigenvalue weighted by Gasteiger charge is -2.07. The summed E-state index contributed by atoms with van der Waals surface area (Å²) in [6.07, 6.45) is -0.197. The Morgan fingerprint density at radius 1 is 1.21 bits per heavy atom. The molecule has 0 saturated carbocycles. The smallest absolute Gasteiger partial charge is 0.354 e. The second kappa shape index (κ2) is 9.04. The standard InChI is InChI=1S/C13H13Cl2N3O6/c1-23-12(19)4-3-9(13(20)24-2)16-17-10-5-7(14)8(15)6-11(10)18(21)22/h5-6,17H,3-4H2,1-2H3/b16-9+. The maximum atomic E-state index is 11.6. The minimum absolute atomic E-state index is 0.00298. The van der Waals surface area contributed by atoms with Gasteiger partial charge in [-0.2, -0.15) is 5.10 Å². The number of benzene rings is 1. The van der Waals surface area contributed by atoms with E-state index >= 15 is 0 Å². The van der Waals surface area contributed by atoms with Crippen molar-refractivity contribution >= 4 is 52.2 Å². The maximum absolute atomic E-state index is 11.6. The minimum atomic E-state index is -0.797. The molecule has 0 aromatic heterocycles. The Morgan fingerprint density at radius 2 is 1.83 bits per heavy atom. The van der Waals surface area contributed by atoms with Crippen LogP contribution in [0.3, 0.4) is 0 Å². The van der Waals surface area contributed by atoms with Gasteiger partial charge in [0.1, 0.15) is 11.4 Å². The van der Waals surface area contributed by atoms with Crippen LogP contribution in [-0.4, -0.2) is 36.8 Å². The van der Waals surface area contributed by atoms with E-state index in [2.05, 4.69) is 20.0 Å². The van der Waals surface area contributed by atoms with Gasteiger partial charge in [-0.1, -0.05) is 23.2 Å². The molecule has 0 atom stereocenters. The number of nitro benzene ring substituents is 1. The quantitative estimate of drug-likeness (QED) is 0.335. The van der Waals surface area contributed by atoms with Crippen LogP contribution in [0.1, 0.15) is 12.8 Å². The summed E-state index contributed by atoms with van der Waals surface area (Å²) in [6, 6.07) is 2.24. The summed E-state index contributed by atoms with van der Waals surface area (Å²) < 4.78 is 9.01. The summed E-state index contributed by atoms with van der Waals surface area (Å²) in [5.74, 6) is -1.35. The van der Waals surface area contributed by atoms with E-state index < -0.39 is 16.9 Å². The first-order chi connectivity index (χ1) is 11.3. The van der Waals surface area contributed by atoms with Crippen molar-refractivity contribution in [2.75, 3.05) is 19.6 Å². The van der Waals surface area contributed by atoms with Gasteiger partial charge in [0.15, 0.2) is 0 Å². The maximum Gasteiger partial charge on any atom is 0.354 e. The number of carbonyl (C=O) groups excluding carboxylic acids is 2. The Morgan fingerprint density at radius 3 is 2.38 bits per heavy atom. The molecule has 0 heterocycles. The highest BCUT2D eigenvalue weighted by molar-refractivity contribution is 6.42. The summed E-state index contributed by atoms with van der Waals surface area (Å²) in [5, 5.41) is 14.9. The highest BCUT2D eigenvalue weighted by atomic mass is 35.5. The van der Waals surface area contributed by atoms with Gasteiger partial charge >= 0.3 is 11.9 Å². The number of halogens is 2. The molecular weight excluding hydrogens is 365 g/mol. The van der Waals surface area contributed by atoms with Crippen molar-refractivity contribution in [3.63, 3.8) is 0 Å². The summed E-state index contributed by atoms with van der Waals surface area (Å²) in [4.78, 5) is 33.2. The van der Waals surface area contributed by atoms with Crippen LogP contribution in [0.15, 0.2) is 17.2 Å². The van der Waals surface area contributed by atoms with Crippen molar-refractivity contribution < 1.29 is 24.0 Å². The molecule has 0 spiro atoms. The van der Waals surface area contributed by atoms with Crippen LogP contribution in [0.2, 0.25) is 10.0 Å². The van der Waals surface area contributed by atoms with Gasteiger partial charge in [0.25, 0.3) is 5.69 Å². The fourth-order valence-electron chi connectivity index (χ4n) is 1.55. The molecule has 11 heteroatoms. The molecule has 0 saturated heterocycles. The van der Waals surface area contributed by atoms with Gasteiger partial charge < -0.3 is 9.47 Å². The zero-order chi connectivity index (χ0) is 18.3. The first-order valence-electron chi connectivity index (χ1n) is 6.41. The van der Waals surface area contributed by atoms with E-state index in [1.165, 1.54) is 13.2 Å². The summed E-state index contributed by atoms with van der Waals surface area (Å²) in [5.41, 5.74) is 1.76. The molecule has 130 valence electrons.